The van der Waals surface area contributed by atoms with E-state index in [0.29, 0.717) is 6.54 Å². The molecule has 3 heterocycles. The highest BCUT2D eigenvalue weighted by Gasteiger charge is 2.77. The second-order valence-electron chi connectivity index (χ2n) is 12.4. The van der Waals surface area contributed by atoms with Gasteiger partial charge in [0.25, 0.3) is 0 Å². The maximum atomic E-state index is 14.6. The molecule has 1 N–H and O–H groups in total. The van der Waals surface area contributed by atoms with Crippen LogP contribution in [-0.4, -0.2) is 80.1 Å². The van der Waals surface area contributed by atoms with Crippen LogP contribution in [0.3, 0.4) is 0 Å². The molecule has 0 aliphatic carbocycles. The van der Waals surface area contributed by atoms with Crippen molar-refractivity contribution in [2.24, 2.45) is 23.2 Å². The summed E-state index contributed by atoms with van der Waals surface area (Å²) in [4.78, 5) is 45.1. The molecule has 0 saturated carbocycles. The summed E-state index contributed by atoms with van der Waals surface area (Å²) in [5.74, 6) is -1.81. The van der Waals surface area contributed by atoms with Crippen molar-refractivity contribution < 1.29 is 24.2 Å². The summed E-state index contributed by atoms with van der Waals surface area (Å²) in [7, 11) is 0. The van der Waals surface area contributed by atoms with Crippen LogP contribution in [-0.2, 0) is 19.1 Å². The van der Waals surface area contributed by atoms with E-state index < -0.39 is 34.2 Å². The lowest BCUT2D eigenvalue weighted by atomic mass is 9.66. The molecule has 198 valence electrons. The summed E-state index contributed by atoms with van der Waals surface area (Å²) in [6.07, 6.45) is 3.26. The first kappa shape index (κ1) is 28.0. The molecule has 0 radical (unpaired) electrons. The van der Waals surface area contributed by atoms with Gasteiger partial charge in [-0.25, -0.2) is 0 Å². The van der Waals surface area contributed by atoms with Gasteiger partial charge in [0.05, 0.1) is 35.8 Å². The van der Waals surface area contributed by atoms with Gasteiger partial charge in [-0.1, -0.05) is 33.8 Å². The third-order valence-corrected chi connectivity index (χ3v) is 10.1. The van der Waals surface area contributed by atoms with Crippen LogP contribution in [0.4, 0.5) is 0 Å². The van der Waals surface area contributed by atoms with Gasteiger partial charge in [0.15, 0.2) is 0 Å². The summed E-state index contributed by atoms with van der Waals surface area (Å²) in [5, 5.41) is 10.0. The number of fused-ring (bicyclic) bond motifs is 1. The van der Waals surface area contributed by atoms with Gasteiger partial charge in [-0.3, -0.25) is 14.4 Å². The van der Waals surface area contributed by atoms with Crippen molar-refractivity contribution in [1.82, 2.24) is 9.80 Å². The smallest absolute Gasteiger partial charge is 0.310 e. The number of hydrogen-bond acceptors (Lipinski definition) is 6. The molecule has 0 aromatic heterocycles. The molecule has 3 aliphatic heterocycles. The van der Waals surface area contributed by atoms with Crippen LogP contribution >= 0.6 is 11.8 Å². The van der Waals surface area contributed by atoms with Crippen molar-refractivity contribution >= 4 is 29.5 Å². The fourth-order valence-electron chi connectivity index (χ4n) is 7.11. The third-order valence-electron chi connectivity index (χ3n) is 7.99. The van der Waals surface area contributed by atoms with E-state index in [0.717, 1.165) is 12.8 Å². The third kappa shape index (κ3) is 4.54. The van der Waals surface area contributed by atoms with Crippen molar-refractivity contribution in [3.8, 4) is 0 Å². The van der Waals surface area contributed by atoms with Gasteiger partial charge < -0.3 is 19.6 Å². The van der Waals surface area contributed by atoms with E-state index in [1.807, 2.05) is 4.90 Å². The molecular formula is C27H44N2O5S. The minimum Gasteiger partial charge on any atom is -0.466 e. The van der Waals surface area contributed by atoms with E-state index in [4.69, 9.17) is 4.74 Å². The molecule has 7 nitrogen and oxygen atoms in total. The zero-order chi connectivity index (χ0) is 26.5. The van der Waals surface area contributed by atoms with Crippen molar-refractivity contribution in [3.05, 3.63) is 12.7 Å². The number of carbonyl (C=O) groups is 3. The second kappa shape index (κ2) is 9.73. The average molecular weight is 509 g/mol. The Morgan fingerprint density at radius 1 is 1.34 bits per heavy atom. The van der Waals surface area contributed by atoms with Crippen molar-refractivity contribution in [3.63, 3.8) is 0 Å². The topological polar surface area (TPSA) is 87.2 Å². The van der Waals surface area contributed by atoms with E-state index in [9.17, 15) is 19.5 Å². The minimum atomic E-state index is -0.759. The molecular weight excluding hydrogens is 464 g/mol. The number of aliphatic hydroxyl groups is 1. The molecule has 2 amide bonds. The predicted molar refractivity (Wildman–Crippen MR) is 139 cm³/mol. The minimum absolute atomic E-state index is 0.0174. The van der Waals surface area contributed by atoms with Gasteiger partial charge in [0.2, 0.25) is 11.8 Å². The average Bonchev–Trinajstić information content (AvgIpc) is 3.33. The highest BCUT2D eigenvalue weighted by atomic mass is 32.2. The number of likely N-dealkylation sites (tertiary alicyclic amines) is 1. The molecule has 0 aromatic rings. The van der Waals surface area contributed by atoms with Crippen LogP contribution in [0.1, 0.15) is 68.2 Å². The zero-order valence-electron chi connectivity index (χ0n) is 22.7. The Morgan fingerprint density at radius 2 is 1.97 bits per heavy atom. The van der Waals surface area contributed by atoms with Crippen LogP contribution in [0.5, 0.6) is 0 Å². The molecule has 3 aliphatic rings. The first-order chi connectivity index (χ1) is 16.2. The van der Waals surface area contributed by atoms with Crippen LogP contribution < -0.4 is 0 Å². The van der Waals surface area contributed by atoms with E-state index in [1.165, 1.54) is 0 Å². The van der Waals surface area contributed by atoms with Gasteiger partial charge in [-0.15, -0.1) is 18.3 Å². The van der Waals surface area contributed by atoms with Gasteiger partial charge in [-0.2, -0.15) is 0 Å². The summed E-state index contributed by atoms with van der Waals surface area (Å²) >= 11 is 1.63. The number of nitrogens with zero attached hydrogens (tertiary/aromatic N) is 2. The quantitative estimate of drug-likeness (QED) is 0.379. The number of ether oxygens (including phenoxy) is 1. The number of esters is 1. The van der Waals surface area contributed by atoms with E-state index >= 15 is 0 Å². The highest BCUT2D eigenvalue weighted by molar-refractivity contribution is 8.02. The van der Waals surface area contributed by atoms with Crippen molar-refractivity contribution in [1.29, 1.82) is 0 Å². The van der Waals surface area contributed by atoms with Gasteiger partial charge in [0.1, 0.15) is 6.04 Å². The van der Waals surface area contributed by atoms with Crippen LogP contribution in [0.15, 0.2) is 12.7 Å². The second-order valence-corrected chi connectivity index (χ2v) is 13.9. The van der Waals surface area contributed by atoms with E-state index in [-0.39, 0.29) is 47.6 Å². The number of thioether (sulfide) groups is 1. The Kier molecular flexibility index (Phi) is 7.79. The van der Waals surface area contributed by atoms with Crippen LogP contribution in [0, 0.1) is 23.2 Å². The molecule has 3 rings (SSSR count). The fourth-order valence-corrected chi connectivity index (χ4v) is 9.50. The van der Waals surface area contributed by atoms with Crippen molar-refractivity contribution in [2.45, 2.75) is 95.9 Å². The molecule has 3 saturated heterocycles. The summed E-state index contributed by atoms with van der Waals surface area (Å²) < 4.78 is 4.67. The lowest BCUT2D eigenvalue weighted by Crippen LogP contribution is -2.62. The zero-order valence-corrected chi connectivity index (χ0v) is 23.5. The van der Waals surface area contributed by atoms with Crippen molar-refractivity contribution in [2.75, 3.05) is 19.8 Å². The first-order valence-electron chi connectivity index (χ1n) is 12.9. The number of aliphatic hydroxyl groups excluding tert-OH is 1. The molecule has 8 heteroatoms. The molecule has 3 unspecified atom stereocenters. The summed E-state index contributed by atoms with van der Waals surface area (Å²) in [6, 6.07) is -1.30. The Labute approximate surface area is 215 Å². The van der Waals surface area contributed by atoms with Gasteiger partial charge in [0, 0.05) is 17.3 Å². The van der Waals surface area contributed by atoms with Gasteiger partial charge in [-0.05, 0) is 51.9 Å². The summed E-state index contributed by atoms with van der Waals surface area (Å²) in [5.41, 5.74) is -0.503. The molecule has 2 bridgehead atoms. The Morgan fingerprint density at radius 3 is 2.49 bits per heavy atom. The normalized spacial score (nSPS) is 33.0. The molecule has 1 spiro atoms. The molecule has 0 aromatic carbocycles. The monoisotopic (exact) mass is 508 g/mol. The standard InChI is InChI=1S/C27H44N2O5S/c1-10-12-28(26(8,9)15-25(5,6)7)23(32)21-27-16(3)13-18(35-27)19(24(33)34-11-2)20(27)22(31)29(21)17(4)14-30/h10,16-21,30H,1,11-15H2,2-9H3/t16?,17-,18+,19-,20+,21?,27?/m1/s1. The number of hydrogen-bond donors (Lipinski definition) is 1. The highest BCUT2D eigenvalue weighted by Crippen LogP contribution is 2.69. The largest absolute Gasteiger partial charge is 0.466 e. The van der Waals surface area contributed by atoms with Gasteiger partial charge >= 0.3 is 5.97 Å². The lowest BCUT2D eigenvalue weighted by Gasteiger charge is -2.47. The van der Waals surface area contributed by atoms with Crippen LogP contribution in [0.2, 0.25) is 0 Å². The lowest BCUT2D eigenvalue weighted by molar-refractivity contribution is -0.154. The molecule has 7 atom stereocenters. The fraction of sp³-hybridized carbons (Fsp3) is 0.815. The number of rotatable bonds is 9. The predicted octanol–water partition coefficient (Wildman–Crippen LogP) is 3.50. The maximum Gasteiger partial charge on any atom is 0.310 e. The molecule has 35 heavy (non-hydrogen) atoms. The first-order valence-corrected chi connectivity index (χ1v) is 13.8. The Hall–Kier alpha value is -1.54. The van der Waals surface area contributed by atoms with E-state index in [1.54, 1.807) is 36.6 Å². The van der Waals surface area contributed by atoms with E-state index in [2.05, 4.69) is 48.1 Å². The SMILES string of the molecule is C=CCN(C(=O)C1N([C@H](C)CO)C(=O)[C@@H]2[C@H](C(=O)OCC)[C@@H]3CC(C)C12S3)C(C)(C)CC(C)(C)C. The Bertz CT molecular complexity index is 868. The Balaban J connectivity index is 2.14. The number of amides is 2. The summed E-state index contributed by atoms with van der Waals surface area (Å²) in [6.45, 7) is 20.5. The van der Waals surface area contributed by atoms with Crippen LogP contribution in [0.25, 0.3) is 0 Å². The maximum absolute atomic E-state index is 14.6. The number of carbonyl (C=O) groups excluding carboxylic acids is 3. The molecule has 3 fully saturated rings.